The van der Waals surface area contributed by atoms with Crippen LogP contribution in [0, 0.1) is 6.92 Å². The molecule has 0 aliphatic rings. The molecule has 0 aliphatic carbocycles. The van der Waals surface area contributed by atoms with Crippen LogP contribution in [0.4, 0.5) is 5.69 Å². The summed E-state index contributed by atoms with van der Waals surface area (Å²) in [5.74, 6) is 0. The standard InChI is InChI=1S/C35H28N3OP/c1-27-32(35(39)38(37-27)28-16-6-2-7-17-28)26-36-33-24-14-15-25-34(33)40(29-18-8-3-9-19-29,30-20-10-4-11-21-30)31-22-12-5-13-23-31/h2-26H,1H3/p+1. The quantitative estimate of drug-likeness (QED) is 0.201. The van der Waals surface area contributed by atoms with Crippen molar-refractivity contribution in [3.8, 4) is 5.69 Å². The molecule has 0 fully saturated rings. The Balaban J connectivity index is 1.57. The molecule has 0 unspecified atom stereocenters. The molecule has 0 radical (unpaired) electrons. The van der Waals surface area contributed by atoms with Gasteiger partial charge in [0.1, 0.15) is 34.2 Å². The lowest BCUT2D eigenvalue weighted by Crippen LogP contribution is -2.38. The van der Waals surface area contributed by atoms with Gasteiger partial charge in [-0.15, -0.1) is 0 Å². The van der Waals surface area contributed by atoms with Gasteiger partial charge >= 0.3 is 0 Å². The Bertz CT molecular complexity index is 1710. The fraction of sp³-hybridized carbons (Fsp3) is 0.0286. The highest BCUT2D eigenvalue weighted by Gasteiger charge is 2.49. The first-order chi connectivity index (χ1) is 19.7. The van der Waals surface area contributed by atoms with Gasteiger partial charge in [-0.1, -0.05) is 84.9 Å². The van der Waals surface area contributed by atoms with E-state index < -0.39 is 7.26 Å². The highest BCUT2D eigenvalue weighted by molar-refractivity contribution is 8.01. The largest absolute Gasteiger partial charge is 0.295 e. The van der Waals surface area contributed by atoms with Gasteiger partial charge in [0.15, 0.2) is 0 Å². The van der Waals surface area contributed by atoms with Gasteiger partial charge in [0.05, 0.1) is 11.3 Å². The molecule has 1 aromatic heterocycles. The van der Waals surface area contributed by atoms with Crippen LogP contribution in [0.1, 0.15) is 11.3 Å². The molecule has 0 amide bonds. The van der Waals surface area contributed by atoms with E-state index in [1.807, 2.05) is 49.4 Å². The molecule has 0 atom stereocenters. The summed E-state index contributed by atoms with van der Waals surface area (Å²) >= 11 is 0. The molecular formula is C35H29N3OP+. The van der Waals surface area contributed by atoms with Gasteiger partial charge in [-0.05, 0) is 67.6 Å². The van der Waals surface area contributed by atoms with Crippen molar-refractivity contribution in [3.05, 3.63) is 167 Å². The SMILES string of the molecule is Cc1[nH]n(-c2ccccc2)c(=O)c1C=Nc1ccccc1[P+](c1ccccc1)(c1ccccc1)c1ccccc1. The second-order valence-corrected chi connectivity index (χ2v) is 12.9. The van der Waals surface area contributed by atoms with Crippen molar-refractivity contribution in [1.82, 2.24) is 9.78 Å². The zero-order valence-electron chi connectivity index (χ0n) is 22.2. The van der Waals surface area contributed by atoms with E-state index in [4.69, 9.17) is 4.99 Å². The number of nitrogens with one attached hydrogen (secondary N) is 1. The van der Waals surface area contributed by atoms with Crippen molar-refractivity contribution in [2.75, 3.05) is 0 Å². The average molecular weight is 539 g/mol. The van der Waals surface area contributed by atoms with Crippen molar-refractivity contribution in [3.63, 3.8) is 0 Å². The van der Waals surface area contributed by atoms with E-state index in [1.54, 1.807) is 10.9 Å². The summed E-state index contributed by atoms with van der Waals surface area (Å²) in [6.07, 6.45) is 1.71. The van der Waals surface area contributed by atoms with Gasteiger partial charge in [0.25, 0.3) is 5.56 Å². The van der Waals surface area contributed by atoms with Crippen LogP contribution in [0.5, 0.6) is 0 Å². The molecule has 0 saturated carbocycles. The summed E-state index contributed by atoms with van der Waals surface area (Å²) in [6.45, 7) is 1.91. The van der Waals surface area contributed by atoms with Gasteiger partial charge in [0.2, 0.25) is 0 Å². The Labute approximate surface area is 234 Å². The first kappa shape index (κ1) is 25.5. The van der Waals surface area contributed by atoms with Crippen LogP contribution >= 0.6 is 7.26 Å². The van der Waals surface area contributed by atoms with E-state index in [-0.39, 0.29) is 5.56 Å². The Morgan fingerprint density at radius 1 is 0.625 bits per heavy atom. The molecule has 4 nitrogen and oxygen atoms in total. The molecule has 6 rings (SSSR count). The zero-order chi connectivity index (χ0) is 27.4. The van der Waals surface area contributed by atoms with E-state index in [2.05, 4.69) is 108 Å². The van der Waals surface area contributed by atoms with Crippen molar-refractivity contribution >= 4 is 40.4 Å². The van der Waals surface area contributed by atoms with Gasteiger partial charge in [-0.25, -0.2) is 4.68 Å². The molecule has 1 N–H and O–H groups in total. The van der Waals surface area contributed by atoms with Gasteiger partial charge in [-0.3, -0.25) is 14.9 Å². The van der Waals surface area contributed by atoms with Crippen LogP contribution in [0.25, 0.3) is 5.69 Å². The maximum atomic E-state index is 13.4. The smallest absolute Gasteiger partial charge is 0.280 e. The molecule has 1 heterocycles. The number of aromatic nitrogens is 2. The van der Waals surface area contributed by atoms with Crippen molar-refractivity contribution in [2.45, 2.75) is 6.92 Å². The number of benzene rings is 5. The number of H-pyrrole nitrogens is 1. The second-order valence-electron chi connectivity index (χ2n) is 9.55. The number of hydrogen-bond donors (Lipinski definition) is 1. The van der Waals surface area contributed by atoms with Crippen LogP contribution in [0.3, 0.4) is 0 Å². The van der Waals surface area contributed by atoms with Gasteiger partial charge in [0, 0.05) is 11.9 Å². The highest BCUT2D eigenvalue weighted by Crippen LogP contribution is 2.56. The van der Waals surface area contributed by atoms with Crippen LogP contribution in [-0.2, 0) is 0 Å². The number of aromatic amines is 1. The topological polar surface area (TPSA) is 50.1 Å². The normalized spacial score (nSPS) is 11.6. The number of hydrogen-bond acceptors (Lipinski definition) is 2. The third kappa shape index (κ3) is 4.53. The van der Waals surface area contributed by atoms with E-state index in [9.17, 15) is 4.79 Å². The van der Waals surface area contributed by atoms with Gasteiger partial charge in [-0.2, -0.15) is 0 Å². The lowest BCUT2D eigenvalue weighted by atomic mass is 10.2. The Hall–Kier alpha value is -4.79. The molecule has 40 heavy (non-hydrogen) atoms. The molecule has 0 saturated heterocycles. The van der Waals surface area contributed by atoms with Gasteiger partial charge < -0.3 is 0 Å². The van der Waals surface area contributed by atoms with Crippen LogP contribution in [-0.4, -0.2) is 16.0 Å². The summed E-state index contributed by atoms with van der Waals surface area (Å²) in [4.78, 5) is 18.4. The van der Waals surface area contributed by atoms with Crippen molar-refractivity contribution in [1.29, 1.82) is 0 Å². The molecule has 0 bridgehead atoms. The zero-order valence-corrected chi connectivity index (χ0v) is 23.1. The lowest BCUT2D eigenvalue weighted by Gasteiger charge is -2.28. The lowest BCUT2D eigenvalue weighted by molar-refractivity contribution is 0.835. The first-order valence-electron chi connectivity index (χ1n) is 13.3. The minimum Gasteiger partial charge on any atom is -0.295 e. The summed E-state index contributed by atoms with van der Waals surface area (Å²) in [6, 6.07) is 50.1. The fourth-order valence-electron chi connectivity index (χ4n) is 5.28. The third-order valence-electron chi connectivity index (χ3n) is 7.14. The number of nitrogens with zero attached hydrogens (tertiary/aromatic N) is 2. The molecule has 0 spiro atoms. The number of para-hydroxylation sites is 2. The molecule has 6 aromatic rings. The predicted molar refractivity (Wildman–Crippen MR) is 170 cm³/mol. The summed E-state index contributed by atoms with van der Waals surface area (Å²) in [7, 11) is -2.34. The fourth-order valence-corrected chi connectivity index (χ4v) is 9.65. The number of rotatable bonds is 7. The minimum atomic E-state index is -2.34. The molecule has 194 valence electrons. The van der Waals surface area contributed by atoms with E-state index >= 15 is 0 Å². The molecule has 5 heteroatoms. The predicted octanol–water partition coefficient (Wildman–Crippen LogP) is 5.84. The minimum absolute atomic E-state index is 0.125. The Kier molecular flexibility index (Phi) is 7.09. The van der Waals surface area contributed by atoms with Crippen LogP contribution in [0.15, 0.2) is 155 Å². The average Bonchev–Trinajstić information content (AvgIpc) is 3.31. The van der Waals surface area contributed by atoms with Crippen molar-refractivity contribution < 1.29 is 0 Å². The number of aryl methyl sites for hydroxylation is 1. The van der Waals surface area contributed by atoms with E-state index in [1.165, 1.54) is 15.9 Å². The summed E-state index contributed by atoms with van der Waals surface area (Å²) < 4.78 is 1.57. The molecular weight excluding hydrogens is 509 g/mol. The van der Waals surface area contributed by atoms with E-state index in [0.717, 1.165) is 22.4 Å². The Morgan fingerprint density at radius 2 is 1.07 bits per heavy atom. The Morgan fingerprint density at radius 3 is 1.60 bits per heavy atom. The molecule has 5 aromatic carbocycles. The first-order valence-corrected chi connectivity index (χ1v) is 15.0. The van der Waals surface area contributed by atoms with E-state index in [0.29, 0.717) is 5.56 Å². The summed E-state index contributed by atoms with van der Waals surface area (Å²) in [5, 5.41) is 8.10. The van der Waals surface area contributed by atoms with Crippen LogP contribution < -0.4 is 26.8 Å². The second kappa shape index (κ2) is 11.1. The maximum absolute atomic E-state index is 13.4. The summed E-state index contributed by atoms with van der Waals surface area (Å²) in [5.41, 5.74) is 2.82. The number of aliphatic imine (C=N–C) groups is 1. The van der Waals surface area contributed by atoms with Crippen molar-refractivity contribution in [2.24, 2.45) is 4.99 Å². The van der Waals surface area contributed by atoms with Crippen LogP contribution in [0.2, 0.25) is 0 Å². The third-order valence-corrected chi connectivity index (χ3v) is 11.5. The molecule has 0 aliphatic heterocycles. The highest BCUT2D eigenvalue weighted by atomic mass is 31.2. The maximum Gasteiger partial charge on any atom is 0.280 e. The monoisotopic (exact) mass is 538 g/mol.